The molecule has 0 bridgehead atoms. The van der Waals surface area contributed by atoms with Crippen LogP contribution in [0.1, 0.15) is 10.4 Å². The summed E-state index contributed by atoms with van der Waals surface area (Å²) in [6.45, 7) is 3.96. The Morgan fingerprint density at radius 3 is 2.92 bits per heavy atom. The summed E-state index contributed by atoms with van der Waals surface area (Å²) in [5.74, 6) is 0.925. The summed E-state index contributed by atoms with van der Waals surface area (Å²) >= 11 is 1.46. The molecule has 0 unspecified atom stereocenters. The summed E-state index contributed by atoms with van der Waals surface area (Å²) < 4.78 is 16.2. The Morgan fingerprint density at radius 1 is 1.33 bits per heavy atom. The number of nitrogens with zero attached hydrogens (tertiary/aromatic N) is 1. The van der Waals surface area contributed by atoms with E-state index >= 15 is 0 Å². The van der Waals surface area contributed by atoms with Crippen molar-refractivity contribution in [1.82, 2.24) is 0 Å². The normalized spacial score (nSPS) is 15.1. The van der Waals surface area contributed by atoms with Crippen molar-refractivity contribution in [2.75, 3.05) is 13.7 Å². The Kier molecular flexibility index (Phi) is 4.77. The van der Waals surface area contributed by atoms with Crippen molar-refractivity contribution in [2.45, 2.75) is 0 Å². The first kappa shape index (κ1) is 16.0. The fourth-order valence-corrected chi connectivity index (χ4v) is 2.82. The van der Waals surface area contributed by atoms with Gasteiger partial charge in [-0.25, -0.2) is 9.79 Å². The minimum atomic E-state index is -0.490. The molecule has 0 N–H and O–H groups in total. The summed E-state index contributed by atoms with van der Waals surface area (Å²) in [6.07, 6.45) is 3.27. The van der Waals surface area contributed by atoms with E-state index in [4.69, 9.17) is 14.2 Å². The molecule has 0 radical (unpaired) electrons. The molecule has 0 saturated carbocycles. The quantitative estimate of drug-likeness (QED) is 0.457. The minimum absolute atomic E-state index is 0.218. The fraction of sp³-hybridized carbons (Fsp3) is 0.111. The molecule has 1 aromatic heterocycles. The van der Waals surface area contributed by atoms with E-state index in [1.807, 2.05) is 29.6 Å². The molecule has 1 aliphatic heterocycles. The third-order valence-electron chi connectivity index (χ3n) is 3.22. The van der Waals surface area contributed by atoms with Gasteiger partial charge in [0.05, 0.1) is 12.0 Å². The number of carbonyl (C=O) groups excluding carboxylic acids is 1. The molecule has 24 heavy (non-hydrogen) atoms. The summed E-state index contributed by atoms with van der Waals surface area (Å²) in [7, 11) is 1.56. The molecule has 5 nitrogen and oxygen atoms in total. The lowest BCUT2D eigenvalue weighted by Gasteiger charge is -2.12. The molecular formula is C18H15NO4S. The Hall–Kier alpha value is -2.86. The Bertz CT molecular complexity index is 822. The largest absolute Gasteiger partial charge is 0.493 e. The van der Waals surface area contributed by atoms with Crippen LogP contribution in [0, 0.1) is 0 Å². The lowest BCUT2D eigenvalue weighted by atomic mass is 10.1. The first-order valence-corrected chi connectivity index (χ1v) is 8.08. The van der Waals surface area contributed by atoms with Crippen LogP contribution in [0.2, 0.25) is 0 Å². The molecule has 2 heterocycles. The first-order chi connectivity index (χ1) is 11.7. The zero-order chi connectivity index (χ0) is 16.9. The van der Waals surface area contributed by atoms with Gasteiger partial charge < -0.3 is 14.2 Å². The zero-order valence-corrected chi connectivity index (χ0v) is 13.8. The molecular weight excluding hydrogens is 326 g/mol. The number of methoxy groups -OCH3 is 1. The van der Waals surface area contributed by atoms with E-state index < -0.39 is 5.97 Å². The number of benzene rings is 1. The maximum Gasteiger partial charge on any atom is 0.363 e. The van der Waals surface area contributed by atoms with Crippen molar-refractivity contribution in [3.05, 3.63) is 64.5 Å². The number of ether oxygens (including phenoxy) is 3. The highest BCUT2D eigenvalue weighted by Crippen LogP contribution is 2.33. The second kappa shape index (κ2) is 7.14. The lowest BCUT2D eigenvalue weighted by Crippen LogP contribution is -2.03. The predicted octanol–water partition coefficient (Wildman–Crippen LogP) is 3.67. The van der Waals surface area contributed by atoms with Crippen molar-refractivity contribution >= 4 is 29.3 Å². The average Bonchev–Trinajstić information content (AvgIpc) is 3.24. The van der Waals surface area contributed by atoms with Gasteiger partial charge in [-0.3, -0.25) is 0 Å². The molecule has 2 aromatic rings. The number of hydrogen-bond acceptors (Lipinski definition) is 6. The van der Waals surface area contributed by atoms with Crippen LogP contribution in [0.15, 0.2) is 59.1 Å². The third-order valence-corrected chi connectivity index (χ3v) is 4.08. The van der Waals surface area contributed by atoms with E-state index in [0.717, 1.165) is 4.88 Å². The summed E-state index contributed by atoms with van der Waals surface area (Å²) in [4.78, 5) is 17.2. The topological polar surface area (TPSA) is 57.1 Å². The van der Waals surface area contributed by atoms with Crippen LogP contribution < -0.4 is 9.47 Å². The second-order valence-corrected chi connectivity index (χ2v) is 5.74. The molecule has 1 aliphatic rings. The molecule has 0 aliphatic carbocycles. The maximum atomic E-state index is 12.1. The highest BCUT2D eigenvalue weighted by molar-refractivity contribution is 7.12. The Balaban J connectivity index is 1.98. The van der Waals surface area contributed by atoms with Crippen LogP contribution in [0.5, 0.6) is 11.5 Å². The van der Waals surface area contributed by atoms with Crippen molar-refractivity contribution in [2.24, 2.45) is 4.99 Å². The van der Waals surface area contributed by atoms with Crippen LogP contribution in [0.3, 0.4) is 0 Å². The van der Waals surface area contributed by atoms with E-state index in [1.165, 1.54) is 11.3 Å². The van der Waals surface area contributed by atoms with Gasteiger partial charge in [-0.15, -0.1) is 11.3 Å². The Labute approximate surface area is 143 Å². The van der Waals surface area contributed by atoms with Gasteiger partial charge in [-0.1, -0.05) is 30.9 Å². The zero-order valence-electron chi connectivity index (χ0n) is 13.0. The number of hydrogen-bond donors (Lipinski definition) is 0. The molecule has 0 fully saturated rings. The van der Waals surface area contributed by atoms with Crippen molar-refractivity contribution < 1.29 is 19.0 Å². The monoisotopic (exact) mass is 341 g/mol. The van der Waals surface area contributed by atoms with Crippen LogP contribution in [0.4, 0.5) is 0 Å². The van der Waals surface area contributed by atoms with Gasteiger partial charge in [-0.2, -0.15) is 0 Å². The second-order valence-electron chi connectivity index (χ2n) is 4.79. The number of rotatable bonds is 6. The first-order valence-electron chi connectivity index (χ1n) is 7.20. The van der Waals surface area contributed by atoms with Crippen molar-refractivity contribution in [3.63, 3.8) is 0 Å². The molecule has 1 aromatic carbocycles. The molecule has 122 valence electrons. The van der Waals surface area contributed by atoms with Gasteiger partial charge in [0.15, 0.2) is 17.2 Å². The van der Waals surface area contributed by atoms with E-state index in [-0.39, 0.29) is 5.70 Å². The van der Waals surface area contributed by atoms with Gasteiger partial charge in [0.1, 0.15) is 6.61 Å². The maximum absolute atomic E-state index is 12.1. The smallest absolute Gasteiger partial charge is 0.363 e. The van der Waals surface area contributed by atoms with Gasteiger partial charge in [0.25, 0.3) is 0 Å². The van der Waals surface area contributed by atoms with Gasteiger partial charge in [0.2, 0.25) is 5.90 Å². The van der Waals surface area contributed by atoms with E-state index in [0.29, 0.717) is 29.6 Å². The molecule has 0 saturated heterocycles. The van der Waals surface area contributed by atoms with Crippen LogP contribution in [0.25, 0.3) is 6.08 Å². The highest BCUT2D eigenvalue weighted by Gasteiger charge is 2.25. The lowest BCUT2D eigenvalue weighted by molar-refractivity contribution is -0.129. The average molecular weight is 341 g/mol. The fourth-order valence-electron chi connectivity index (χ4n) is 2.17. The summed E-state index contributed by atoms with van der Waals surface area (Å²) in [5.41, 5.74) is 0.898. The predicted molar refractivity (Wildman–Crippen MR) is 93.6 cm³/mol. The van der Waals surface area contributed by atoms with Gasteiger partial charge in [-0.05, 0) is 23.6 Å². The number of carbonyl (C=O) groups is 1. The minimum Gasteiger partial charge on any atom is -0.493 e. The van der Waals surface area contributed by atoms with Crippen LogP contribution in [-0.4, -0.2) is 25.6 Å². The number of esters is 1. The number of cyclic esters (lactones) is 1. The summed E-state index contributed by atoms with van der Waals surface area (Å²) in [5, 5.41) is 1.90. The molecule has 6 heteroatoms. The molecule has 0 spiro atoms. The van der Waals surface area contributed by atoms with Crippen molar-refractivity contribution in [1.29, 1.82) is 0 Å². The van der Waals surface area contributed by atoms with Gasteiger partial charge >= 0.3 is 5.97 Å². The van der Waals surface area contributed by atoms with Crippen LogP contribution >= 0.6 is 11.3 Å². The Morgan fingerprint density at radius 2 is 2.21 bits per heavy atom. The standard InChI is InChI=1S/C18H15NO4S/c1-3-9-22-16-12(6-4-7-14(16)21-2)11-13-18(20)23-17(19-13)15-8-5-10-24-15/h3-8,10-11H,1,9H2,2H3/b13-11+. The highest BCUT2D eigenvalue weighted by atomic mass is 32.1. The van der Waals surface area contributed by atoms with Crippen molar-refractivity contribution in [3.8, 4) is 11.5 Å². The number of aliphatic imine (C=N–C) groups is 1. The molecule has 3 rings (SSSR count). The third kappa shape index (κ3) is 3.23. The number of thiophene rings is 1. The van der Waals surface area contributed by atoms with Gasteiger partial charge in [0, 0.05) is 5.56 Å². The molecule has 0 atom stereocenters. The summed E-state index contributed by atoms with van der Waals surface area (Å²) in [6, 6.07) is 9.15. The van der Waals surface area contributed by atoms with E-state index in [1.54, 1.807) is 25.3 Å². The van der Waals surface area contributed by atoms with E-state index in [9.17, 15) is 4.79 Å². The van der Waals surface area contributed by atoms with E-state index in [2.05, 4.69) is 11.6 Å². The molecule has 0 amide bonds. The number of para-hydroxylation sites is 1. The van der Waals surface area contributed by atoms with Crippen LogP contribution in [-0.2, 0) is 9.53 Å². The SMILES string of the molecule is C=CCOc1c(/C=C2/N=C(c3cccs3)OC2=O)cccc1OC.